The number of halogens is 3. The fraction of sp³-hybridized carbons (Fsp3) is 0.900. The van der Waals surface area contributed by atoms with Crippen LogP contribution in [0.3, 0.4) is 0 Å². The van der Waals surface area contributed by atoms with E-state index in [0.29, 0.717) is 12.3 Å². The van der Waals surface area contributed by atoms with Gasteiger partial charge in [-0.3, -0.25) is 0 Å². The van der Waals surface area contributed by atoms with Crippen molar-refractivity contribution in [2.75, 3.05) is 0 Å². The van der Waals surface area contributed by atoms with Crippen LogP contribution in [0.5, 0.6) is 0 Å². The molecule has 0 saturated heterocycles. The molecule has 8 heteroatoms. The second kappa shape index (κ2) is 5.90. The summed E-state index contributed by atoms with van der Waals surface area (Å²) in [6.07, 6.45) is 5.30. The van der Waals surface area contributed by atoms with Crippen molar-refractivity contribution in [3.63, 3.8) is 0 Å². The first-order valence-corrected chi connectivity index (χ1v) is 7.23. The quantitative estimate of drug-likeness (QED) is 0.586. The summed E-state index contributed by atoms with van der Waals surface area (Å²) in [5, 5.41) is 11.1. The van der Waals surface area contributed by atoms with E-state index in [4.69, 9.17) is 0 Å². The van der Waals surface area contributed by atoms with Crippen molar-refractivity contribution >= 4 is 15.9 Å². The van der Waals surface area contributed by atoms with Gasteiger partial charge in [-0.15, -0.1) is 0 Å². The minimum absolute atomic E-state index is 0.236. The monoisotopic (exact) mass is 286 g/mol. The molecular weight excluding hydrogens is 271 g/mol. The molecule has 18 heavy (non-hydrogen) atoms. The Balaban J connectivity index is 2.52. The average Bonchev–Trinajstić information content (AvgIpc) is 2.26. The van der Waals surface area contributed by atoms with Crippen molar-refractivity contribution < 1.29 is 26.7 Å². The second-order valence-electron chi connectivity index (χ2n) is 4.45. The molecule has 1 rings (SSSR count). The van der Waals surface area contributed by atoms with Crippen LogP contribution >= 0.6 is 0 Å². The van der Waals surface area contributed by atoms with E-state index in [1.807, 2.05) is 0 Å². The van der Waals surface area contributed by atoms with Crippen LogP contribution in [0.15, 0.2) is 4.40 Å². The van der Waals surface area contributed by atoms with E-state index in [9.17, 15) is 26.7 Å². The van der Waals surface area contributed by atoms with Crippen LogP contribution in [0.25, 0.3) is 0 Å². The molecule has 0 aromatic rings. The first-order valence-electron chi connectivity index (χ1n) is 5.79. The Morgan fingerprint density at radius 3 is 2.28 bits per heavy atom. The van der Waals surface area contributed by atoms with Crippen molar-refractivity contribution in [3.05, 3.63) is 0 Å². The zero-order chi connectivity index (χ0) is 13.8. The predicted molar refractivity (Wildman–Crippen MR) is 58.2 cm³/mol. The lowest BCUT2D eigenvalue weighted by atomic mass is 9.86. The van der Waals surface area contributed by atoms with E-state index >= 15 is 0 Å². The summed E-state index contributed by atoms with van der Waals surface area (Å²) in [5.74, 6) is -0.913. The third kappa shape index (κ3) is 4.47. The maximum atomic E-state index is 12.0. The van der Waals surface area contributed by atoms with Crippen LogP contribution in [0.1, 0.15) is 44.9 Å². The molecule has 0 N–H and O–H groups in total. The molecule has 0 amide bonds. The van der Waals surface area contributed by atoms with E-state index in [0.717, 1.165) is 32.1 Å². The molecule has 0 aliphatic heterocycles. The third-order valence-corrected chi connectivity index (χ3v) is 4.03. The lowest BCUT2D eigenvalue weighted by molar-refractivity contribution is -0.218. The van der Waals surface area contributed by atoms with Gasteiger partial charge in [0.15, 0.2) is 0 Å². The number of hydrogen-bond acceptors (Lipinski definition) is 3. The van der Waals surface area contributed by atoms with Crippen molar-refractivity contribution in [2.45, 2.75) is 50.5 Å². The average molecular weight is 286 g/mol. The summed E-state index contributed by atoms with van der Waals surface area (Å²) in [7, 11) is -5.67. The molecule has 4 nitrogen and oxygen atoms in total. The third-order valence-electron chi connectivity index (χ3n) is 3.01. The number of sulfonamides is 1. The largest absolute Gasteiger partial charge is 0.861 e. The van der Waals surface area contributed by atoms with Crippen LogP contribution in [-0.2, 0) is 10.0 Å². The Morgan fingerprint density at radius 1 is 1.22 bits per heavy atom. The molecule has 106 valence electrons. The van der Waals surface area contributed by atoms with Crippen LogP contribution in [0, 0.1) is 5.92 Å². The molecule has 1 fully saturated rings. The van der Waals surface area contributed by atoms with Crippen LogP contribution in [0.4, 0.5) is 13.2 Å². The molecule has 1 saturated carbocycles. The molecule has 0 bridgehead atoms. The Kier molecular flexibility index (Phi) is 5.01. The van der Waals surface area contributed by atoms with Gasteiger partial charge in [0, 0.05) is 0 Å². The zero-order valence-corrected chi connectivity index (χ0v) is 10.6. The van der Waals surface area contributed by atoms with Crippen molar-refractivity contribution in [1.29, 1.82) is 0 Å². The van der Waals surface area contributed by atoms with Gasteiger partial charge in [-0.1, -0.05) is 32.1 Å². The van der Waals surface area contributed by atoms with E-state index in [-0.39, 0.29) is 6.42 Å². The molecule has 0 aromatic carbocycles. The molecular formula is C10H15F3NO3S-. The van der Waals surface area contributed by atoms with Crippen LogP contribution < -0.4 is 5.11 Å². The molecule has 0 unspecified atom stereocenters. The zero-order valence-electron chi connectivity index (χ0n) is 9.74. The predicted octanol–water partition coefficient (Wildman–Crippen LogP) is 1.96. The van der Waals surface area contributed by atoms with Gasteiger partial charge in [-0.05, 0) is 24.7 Å². The van der Waals surface area contributed by atoms with Gasteiger partial charge >= 0.3 is 15.5 Å². The molecule has 0 heterocycles. The summed E-state index contributed by atoms with van der Waals surface area (Å²) in [6.45, 7) is 0. The van der Waals surface area contributed by atoms with Crippen LogP contribution in [0.2, 0.25) is 0 Å². The van der Waals surface area contributed by atoms with Crippen molar-refractivity contribution in [2.24, 2.45) is 10.3 Å². The highest BCUT2D eigenvalue weighted by Crippen LogP contribution is 2.28. The topological polar surface area (TPSA) is 69.6 Å². The lowest BCUT2D eigenvalue weighted by Crippen LogP contribution is -2.27. The van der Waals surface area contributed by atoms with Gasteiger partial charge in [0.2, 0.25) is 0 Å². The van der Waals surface area contributed by atoms with Gasteiger partial charge < -0.3 is 5.11 Å². The maximum absolute atomic E-state index is 12.0. The van der Waals surface area contributed by atoms with Gasteiger partial charge in [0.05, 0.1) is 0 Å². The molecule has 0 radical (unpaired) electrons. The first kappa shape index (κ1) is 15.3. The number of alkyl halides is 3. The fourth-order valence-corrected chi connectivity index (χ4v) is 2.50. The van der Waals surface area contributed by atoms with E-state index in [1.165, 1.54) is 0 Å². The molecule has 0 spiro atoms. The summed E-state index contributed by atoms with van der Waals surface area (Å²) in [4.78, 5) is 0. The highest BCUT2D eigenvalue weighted by atomic mass is 32.2. The number of nitrogens with zero attached hydrogens (tertiary/aromatic N) is 1. The number of rotatable bonds is 4. The Hall–Kier alpha value is -0.790. The van der Waals surface area contributed by atoms with E-state index < -0.39 is 21.4 Å². The van der Waals surface area contributed by atoms with Crippen molar-refractivity contribution in [1.82, 2.24) is 0 Å². The van der Waals surface area contributed by atoms with Gasteiger partial charge in [-0.25, -0.2) is 0 Å². The van der Waals surface area contributed by atoms with Gasteiger partial charge in [0.1, 0.15) is 0 Å². The summed E-state index contributed by atoms with van der Waals surface area (Å²) >= 11 is 0. The van der Waals surface area contributed by atoms with Gasteiger partial charge in [-0.2, -0.15) is 26.0 Å². The highest BCUT2D eigenvalue weighted by molar-refractivity contribution is 7.91. The maximum Gasteiger partial charge on any atom is 0.518 e. The minimum atomic E-state index is -5.67. The smallest absolute Gasteiger partial charge is 0.518 e. The minimum Gasteiger partial charge on any atom is -0.861 e. The number of hydrogen-bond donors (Lipinski definition) is 0. The summed E-state index contributed by atoms with van der Waals surface area (Å²) in [5.41, 5.74) is -5.49. The van der Waals surface area contributed by atoms with Crippen molar-refractivity contribution in [3.8, 4) is 0 Å². The Morgan fingerprint density at radius 2 is 1.78 bits per heavy atom. The Labute approximate surface area is 104 Å². The molecule has 1 aliphatic carbocycles. The standard InChI is InChI=1S/C10H16F3NO3S/c11-10(12,13)18(16,17)14-9(15)7-6-8-4-2-1-3-5-8/h8H,1-7H2,(H,14,15)/p-1. The summed E-state index contributed by atoms with van der Waals surface area (Å²) in [6, 6.07) is 0. The highest BCUT2D eigenvalue weighted by Gasteiger charge is 2.45. The molecule has 1 aliphatic rings. The van der Waals surface area contributed by atoms with Crippen LogP contribution in [-0.4, -0.2) is 19.8 Å². The van der Waals surface area contributed by atoms with E-state index in [2.05, 4.69) is 4.40 Å². The normalized spacial score (nSPS) is 20.1. The first-order chi connectivity index (χ1) is 8.22. The van der Waals surface area contributed by atoms with Gasteiger partial charge in [0.25, 0.3) is 0 Å². The molecule has 0 atom stereocenters. The fourth-order valence-electron chi connectivity index (χ4n) is 2.03. The van der Waals surface area contributed by atoms with E-state index in [1.54, 1.807) is 0 Å². The molecule has 0 aromatic heterocycles. The second-order valence-corrected chi connectivity index (χ2v) is 6.04. The Bertz CT molecular complexity index is 397. The SMILES string of the molecule is O=S(=O)(/N=C(\[O-])CCC1CCCCC1)C(F)(F)F. The summed E-state index contributed by atoms with van der Waals surface area (Å²) < 4.78 is 59.3. The lowest BCUT2D eigenvalue weighted by Gasteiger charge is -2.22.